The SMILES string of the molecule is CCC(NC(=O)OC)c1c(O)ccc2ccccc12. The van der Waals surface area contributed by atoms with E-state index >= 15 is 0 Å². The van der Waals surface area contributed by atoms with Crippen LogP contribution in [0.2, 0.25) is 0 Å². The van der Waals surface area contributed by atoms with Gasteiger partial charge in [0.15, 0.2) is 0 Å². The zero-order valence-corrected chi connectivity index (χ0v) is 11.0. The summed E-state index contributed by atoms with van der Waals surface area (Å²) in [6.07, 6.45) is 0.163. The first-order valence-electron chi connectivity index (χ1n) is 6.22. The van der Waals surface area contributed by atoms with Gasteiger partial charge in [-0.15, -0.1) is 0 Å². The third kappa shape index (κ3) is 2.62. The van der Waals surface area contributed by atoms with Crippen molar-refractivity contribution in [2.45, 2.75) is 19.4 Å². The van der Waals surface area contributed by atoms with Gasteiger partial charge in [-0.25, -0.2) is 4.79 Å². The average Bonchev–Trinajstić information content (AvgIpc) is 2.45. The van der Waals surface area contributed by atoms with Gasteiger partial charge in [-0.1, -0.05) is 37.3 Å². The predicted molar refractivity (Wildman–Crippen MR) is 74.2 cm³/mol. The Balaban J connectivity index is 2.52. The number of nitrogens with one attached hydrogen (secondary N) is 1. The molecule has 0 radical (unpaired) electrons. The fourth-order valence-electron chi connectivity index (χ4n) is 2.23. The van der Waals surface area contributed by atoms with Gasteiger partial charge in [-0.2, -0.15) is 0 Å². The van der Waals surface area contributed by atoms with E-state index in [4.69, 9.17) is 0 Å². The average molecular weight is 259 g/mol. The predicted octanol–water partition coefficient (Wildman–Crippen LogP) is 3.35. The molecular weight excluding hydrogens is 242 g/mol. The fraction of sp³-hybridized carbons (Fsp3) is 0.267. The molecular formula is C15H17NO3. The number of ether oxygens (including phenoxy) is 1. The van der Waals surface area contributed by atoms with Gasteiger partial charge in [0.1, 0.15) is 5.75 Å². The topological polar surface area (TPSA) is 58.6 Å². The lowest BCUT2D eigenvalue weighted by Crippen LogP contribution is -2.28. The maximum Gasteiger partial charge on any atom is 0.407 e. The third-order valence-corrected chi connectivity index (χ3v) is 3.18. The second-order valence-corrected chi connectivity index (χ2v) is 4.32. The number of carbonyl (C=O) groups excluding carboxylic acids is 1. The van der Waals surface area contributed by atoms with Crippen LogP contribution in [0.25, 0.3) is 10.8 Å². The van der Waals surface area contributed by atoms with Gasteiger partial charge in [0, 0.05) is 5.56 Å². The van der Waals surface area contributed by atoms with Gasteiger partial charge in [0.05, 0.1) is 13.2 Å². The largest absolute Gasteiger partial charge is 0.508 e. The molecule has 1 unspecified atom stereocenters. The highest BCUT2D eigenvalue weighted by molar-refractivity contribution is 5.88. The summed E-state index contributed by atoms with van der Waals surface area (Å²) in [7, 11) is 1.32. The molecule has 19 heavy (non-hydrogen) atoms. The molecule has 0 bridgehead atoms. The van der Waals surface area contributed by atoms with Crippen molar-refractivity contribution in [1.82, 2.24) is 5.32 Å². The zero-order valence-electron chi connectivity index (χ0n) is 11.0. The molecule has 0 spiro atoms. The van der Waals surface area contributed by atoms with Crippen molar-refractivity contribution in [3.05, 3.63) is 42.0 Å². The van der Waals surface area contributed by atoms with Gasteiger partial charge >= 0.3 is 6.09 Å². The molecule has 0 aliphatic rings. The summed E-state index contributed by atoms with van der Waals surface area (Å²) in [6, 6.07) is 11.0. The summed E-state index contributed by atoms with van der Waals surface area (Å²) in [5.41, 5.74) is 0.728. The standard InChI is InChI=1S/C15H17NO3/c1-3-12(16-15(18)19-2)14-11-7-5-4-6-10(11)8-9-13(14)17/h4-9,12,17H,3H2,1-2H3,(H,16,18). The number of phenols is 1. The van der Waals surface area contributed by atoms with E-state index in [0.717, 1.165) is 16.3 Å². The number of phenolic OH excluding ortho intramolecular Hbond substituents is 1. The van der Waals surface area contributed by atoms with Gasteiger partial charge < -0.3 is 15.2 Å². The van der Waals surface area contributed by atoms with Crippen LogP contribution >= 0.6 is 0 Å². The fourth-order valence-corrected chi connectivity index (χ4v) is 2.23. The molecule has 2 aromatic carbocycles. The molecule has 1 atom stereocenters. The van der Waals surface area contributed by atoms with Crippen molar-refractivity contribution in [2.24, 2.45) is 0 Å². The monoisotopic (exact) mass is 259 g/mol. The van der Waals surface area contributed by atoms with E-state index in [2.05, 4.69) is 10.1 Å². The number of carbonyl (C=O) groups is 1. The Morgan fingerprint density at radius 2 is 2.05 bits per heavy atom. The second kappa shape index (κ2) is 5.61. The minimum Gasteiger partial charge on any atom is -0.508 e. The molecule has 0 heterocycles. The number of fused-ring (bicyclic) bond motifs is 1. The van der Waals surface area contributed by atoms with Crippen LogP contribution in [-0.2, 0) is 4.74 Å². The van der Waals surface area contributed by atoms with Gasteiger partial charge in [-0.3, -0.25) is 0 Å². The molecule has 2 N–H and O–H groups in total. The summed E-state index contributed by atoms with van der Waals surface area (Å²) in [6.45, 7) is 1.95. The van der Waals surface area contributed by atoms with Crippen LogP contribution in [0.3, 0.4) is 0 Å². The van der Waals surface area contributed by atoms with Gasteiger partial charge in [0.25, 0.3) is 0 Å². The van der Waals surface area contributed by atoms with Crippen molar-refractivity contribution in [3.63, 3.8) is 0 Å². The minimum atomic E-state index is -0.501. The zero-order chi connectivity index (χ0) is 13.8. The summed E-state index contributed by atoms with van der Waals surface area (Å²) < 4.78 is 4.62. The smallest absolute Gasteiger partial charge is 0.407 e. The maximum absolute atomic E-state index is 11.4. The highest BCUT2D eigenvalue weighted by Gasteiger charge is 2.19. The Kier molecular flexibility index (Phi) is 3.90. The summed E-state index contributed by atoms with van der Waals surface area (Å²) in [5, 5.41) is 14.8. The third-order valence-electron chi connectivity index (χ3n) is 3.18. The van der Waals surface area contributed by atoms with E-state index in [0.29, 0.717) is 6.42 Å². The first-order valence-corrected chi connectivity index (χ1v) is 6.22. The molecule has 0 aliphatic heterocycles. The molecule has 0 aliphatic carbocycles. The van der Waals surface area contributed by atoms with Crippen LogP contribution in [0, 0.1) is 0 Å². The maximum atomic E-state index is 11.4. The summed E-state index contributed by atoms with van der Waals surface area (Å²) >= 11 is 0. The van der Waals surface area contributed by atoms with Crippen LogP contribution in [0.4, 0.5) is 4.79 Å². The van der Waals surface area contributed by atoms with E-state index in [-0.39, 0.29) is 11.8 Å². The molecule has 2 rings (SSSR count). The number of amides is 1. The first-order chi connectivity index (χ1) is 9.17. The number of methoxy groups -OCH3 is 1. The highest BCUT2D eigenvalue weighted by Crippen LogP contribution is 2.33. The Morgan fingerprint density at radius 1 is 1.32 bits per heavy atom. The molecule has 0 saturated carbocycles. The number of alkyl carbamates (subject to hydrolysis) is 1. The van der Waals surface area contributed by atoms with E-state index < -0.39 is 6.09 Å². The van der Waals surface area contributed by atoms with Crippen LogP contribution < -0.4 is 5.32 Å². The van der Waals surface area contributed by atoms with E-state index in [1.165, 1.54) is 7.11 Å². The molecule has 4 heteroatoms. The van der Waals surface area contributed by atoms with Crippen molar-refractivity contribution in [2.75, 3.05) is 7.11 Å². The lowest BCUT2D eigenvalue weighted by molar-refractivity contribution is 0.166. The van der Waals surface area contributed by atoms with Crippen LogP contribution in [0.5, 0.6) is 5.75 Å². The Hall–Kier alpha value is -2.23. The van der Waals surface area contributed by atoms with E-state index in [1.807, 2.05) is 37.3 Å². The summed E-state index contributed by atoms with van der Waals surface area (Å²) in [4.78, 5) is 11.4. The van der Waals surface area contributed by atoms with E-state index in [1.54, 1.807) is 6.07 Å². The second-order valence-electron chi connectivity index (χ2n) is 4.32. The quantitative estimate of drug-likeness (QED) is 0.888. The number of hydrogen-bond donors (Lipinski definition) is 2. The lowest BCUT2D eigenvalue weighted by atomic mass is 9.96. The number of hydrogen-bond acceptors (Lipinski definition) is 3. The van der Waals surface area contributed by atoms with E-state index in [9.17, 15) is 9.90 Å². The molecule has 1 amide bonds. The summed E-state index contributed by atoms with van der Waals surface area (Å²) in [5.74, 6) is 0.182. The van der Waals surface area contributed by atoms with Crippen molar-refractivity contribution < 1.29 is 14.6 Å². The van der Waals surface area contributed by atoms with Crippen LogP contribution in [0.15, 0.2) is 36.4 Å². The normalized spacial score (nSPS) is 12.1. The lowest BCUT2D eigenvalue weighted by Gasteiger charge is -2.19. The number of benzene rings is 2. The van der Waals surface area contributed by atoms with Crippen LogP contribution in [-0.4, -0.2) is 18.3 Å². The Bertz CT molecular complexity index is 595. The molecule has 0 saturated heterocycles. The van der Waals surface area contributed by atoms with Crippen LogP contribution in [0.1, 0.15) is 24.9 Å². The van der Waals surface area contributed by atoms with Crippen molar-refractivity contribution >= 4 is 16.9 Å². The number of aromatic hydroxyl groups is 1. The van der Waals surface area contributed by atoms with Gasteiger partial charge in [-0.05, 0) is 23.3 Å². The number of rotatable bonds is 3. The minimum absolute atomic E-state index is 0.182. The molecule has 100 valence electrons. The Morgan fingerprint density at radius 3 is 2.74 bits per heavy atom. The molecule has 4 nitrogen and oxygen atoms in total. The first kappa shape index (κ1) is 13.2. The Labute approximate surface area is 112 Å². The van der Waals surface area contributed by atoms with Crippen molar-refractivity contribution in [3.8, 4) is 5.75 Å². The molecule has 2 aromatic rings. The van der Waals surface area contributed by atoms with Gasteiger partial charge in [0.2, 0.25) is 0 Å². The molecule has 0 aromatic heterocycles. The highest BCUT2D eigenvalue weighted by atomic mass is 16.5. The molecule has 0 fully saturated rings. The van der Waals surface area contributed by atoms with Crippen molar-refractivity contribution in [1.29, 1.82) is 0 Å².